The molecule has 0 aliphatic heterocycles. The summed E-state index contributed by atoms with van der Waals surface area (Å²) >= 11 is 0. The van der Waals surface area contributed by atoms with Gasteiger partial charge in [-0.2, -0.15) is 0 Å². The minimum absolute atomic E-state index is 0.685. The molecule has 0 saturated carbocycles. The Morgan fingerprint density at radius 3 is 2.44 bits per heavy atom. The number of hydrogen-bond donors (Lipinski definition) is 0. The van der Waals surface area contributed by atoms with E-state index in [9.17, 15) is 0 Å². The number of pyridine rings is 1. The second-order valence-electron chi connectivity index (χ2n) is 6.23. The zero-order valence-corrected chi connectivity index (χ0v) is 14.7. The number of ether oxygens (including phenoxy) is 1. The lowest BCUT2D eigenvalue weighted by atomic mass is 10.1. The van der Waals surface area contributed by atoms with Crippen LogP contribution in [0.1, 0.15) is 0 Å². The third-order valence-electron chi connectivity index (χ3n) is 4.61. The zero-order valence-electron chi connectivity index (χ0n) is 14.7. The van der Waals surface area contributed by atoms with Gasteiger partial charge in [-0.15, -0.1) is 5.10 Å². The third-order valence-corrected chi connectivity index (χ3v) is 4.61. The Morgan fingerprint density at radius 2 is 1.67 bits per heavy atom. The van der Waals surface area contributed by atoms with Crippen LogP contribution in [0.2, 0.25) is 0 Å². The van der Waals surface area contributed by atoms with Gasteiger partial charge in [0.1, 0.15) is 5.75 Å². The van der Waals surface area contributed by atoms with Gasteiger partial charge in [-0.3, -0.25) is 0 Å². The first-order chi connectivity index (χ1) is 13.3. The lowest BCUT2D eigenvalue weighted by molar-refractivity contribution is 0.415. The first-order valence-electron chi connectivity index (χ1n) is 8.68. The third kappa shape index (κ3) is 2.60. The maximum atomic E-state index is 5.29. The van der Waals surface area contributed by atoms with Crippen molar-refractivity contribution in [3.63, 3.8) is 0 Å². The molecule has 0 bridgehead atoms. The molecule has 3 heterocycles. The molecule has 0 saturated heterocycles. The van der Waals surface area contributed by atoms with Gasteiger partial charge in [-0.25, -0.2) is 14.5 Å². The predicted molar refractivity (Wildman–Crippen MR) is 106 cm³/mol. The predicted octanol–water partition coefficient (Wildman–Crippen LogP) is 4.62. The molecule has 130 valence electrons. The van der Waals surface area contributed by atoms with Crippen LogP contribution < -0.4 is 4.74 Å². The standard InChI is InChI=1S/C22H16N4O/c1-27-17-11-9-16(10-12-17)20-14-19(15-6-3-2-4-7-15)24-22-18-8-5-13-23-21(18)25-26(20)22/h2-14H,1H3. The van der Waals surface area contributed by atoms with Crippen molar-refractivity contribution in [2.75, 3.05) is 7.11 Å². The van der Waals surface area contributed by atoms with Gasteiger partial charge in [0.15, 0.2) is 11.3 Å². The van der Waals surface area contributed by atoms with Crippen molar-refractivity contribution in [2.24, 2.45) is 0 Å². The van der Waals surface area contributed by atoms with Gasteiger partial charge in [0, 0.05) is 17.3 Å². The summed E-state index contributed by atoms with van der Waals surface area (Å²) in [6, 6.07) is 24.1. The maximum absolute atomic E-state index is 5.29. The van der Waals surface area contributed by atoms with Gasteiger partial charge in [-0.05, 0) is 42.5 Å². The monoisotopic (exact) mass is 352 g/mol. The van der Waals surface area contributed by atoms with Crippen LogP contribution in [-0.4, -0.2) is 26.7 Å². The highest BCUT2D eigenvalue weighted by Crippen LogP contribution is 2.29. The lowest BCUT2D eigenvalue weighted by Gasteiger charge is -2.09. The SMILES string of the molecule is COc1ccc(-c2cc(-c3ccccc3)nc3c4cccnc4nn23)cc1. The molecule has 0 amide bonds. The fourth-order valence-electron chi connectivity index (χ4n) is 3.24. The molecule has 0 fully saturated rings. The van der Waals surface area contributed by atoms with Crippen molar-refractivity contribution in [1.29, 1.82) is 0 Å². The molecule has 0 atom stereocenters. The highest BCUT2D eigenvalue weighted by Gasteiger charge is 2.14. The van der Waals surface area contributed by atoms with E-state index in [1.165, 1.54) is 0 Å². The fraction of sp³-hybridized carbons (Fsp3) is 0.0455. The van der Waals surface area contributed by atoms with Gasteiger partial charge < -0.3 is 4.74 Å². The van der Waals surface area contributed by atoms with E-state index in [1.807, 2.05) is 59.1 Å². The normalized spacial score (nSPS) is 11.1. The highest BCUT2D eigenvalue weighted by molar-refractivity contribution is 5.91. The molecule has 0 aliphatic rings. The van der Waals surface area contributed by atoms with Crippen LogP contribution in [0, 0.1) is 0 Å². The van der Waals surface area contributed by atoms with Crippen LogP contribution in [0.15, 0.2) is 79.0 Å². The van der Waals surface area contributed by atoms with Gasteiger partial charge in [0.25, 0.3) is 0 Å². The molecule has 0 aliphatic carbocycles. The molecule has 5 nitrogen and oxygen atoms in total. The Kier molecular flexibility index (Phi) is 3.57. The van der Waals surface area contributed by atoms with Crippen molar-refractivity contribution < 1.29 is 4.74 Å². The molecule has 5 aromatic rings. The van der Waals surface area contributed by atoms with Gasteiger partial charge in [0.05, 0.1) is 23.9 Å². The number of nitrogens with zero attached hydrogens (tertiary/aromatic N) is 4. The summed E-state index contributed by atoms with van der Waals surface area (Å²) in [5.74, 6) is 0.819. The van der Waals surface area contributed by atoms with E-state index < -0.39 is 0 Å². The average Bonchev–Trinajstić information content (AvgIpc) is 3.12. The molecule has 27 heavy (non-hydrogen) atoms. The quantitative estimate of drug-likeness (QED) is 0.475. The van der Waals surface area contributed by atoms with Crippen molar-refractivity contribution >= 4 is 16.7 Å². The summed E-state index contributed by atoms with van der Waals surface area (Å²) in [7, 11) is 1.67. The number of rotatable bonds is 3. The van der Waals surface area contributed by atoms with E-state index in [0.29, 0.717) is 5.65 Å². The highest BCUT2D eigenvalue weighted by atomic mass is 16.5. The molecule has 0 unspecified atom stereocenters. The van der Waals surface area contributed by atoms with Crippen LogP contribution in [0.5, 0.6) is 5.75 Å². The molecule has 0 spiro atoms. The van der Waals surface area contributed by atoms with Gasteiger partial charge in [0.2, 0.25) is 0 Å². The molecular weight excluding hydrogens is 336 g/mol. The zero-order chi connectivity index (χ0) is 18.2. The summed E-state index contributed by atoms with van der Waals surface area (Å²) < 4.78 is 7.16. The first kappa shape index (κ1) is 15.5. The largest absolute Gasteiger partial charge is 0.497 e. The minimum Gasteiger partial charge on any atom is -0.497 e. The maximum Gasteiger partial charge on any atom is 0.183 e. The Morgan fingerprint density at radius 1 is 0.852 bits per heavy atom. The molecular formula is C22H16N4O. The topological polar surface area (TPSA) is 52.3 Å². The second-order valence-corrected chi connectivity index (χ2v) is 6.23. The minimum atomic E-state index is 0.685. The fourth-order valence-corrected chi connectivity index (χ4v) is 3.24. The summed E-state index contributed by atoms with van der Waals surface area (Å²) in [5.41, 5.74) is 5.44. The first-order valence-corrected chi connectivity index (χ1v) is 8.68. The summed E-state index contributed by atoms with van der Waals surface area (Å²) in [5, 5.41) is 5.62. The Bertz CT molecular complexity index is 1240. The number of hydrogen-bond acceptors (Lipinski definition) is 4. The summed E-state index contributed by atoms with van der Waals surface area (Å²) in [4.78, 5) is 9.28. The van der Waals surface area contributed by atoms with Crippen LogP contribution in [0.3, 0.4) is 0 Å². The Labute approximate surface area is 155 Å². The Hall–Kier alpha value is -3.73. The van der Waals surface area contributed by atoms with Crippen molar-refractivity contribution in [2.45, 2.75) is 0 Å². The van der Waals surface area contributed by atoms with Crippen LogP contribution in [0.25, 0.3) is 39.2 Å². The molecule has 5 heteroatoms. The summed E-state index contributed by atoms with van der Waals surface area (Å²) in [6.07, 6.45) is 1.75. The van der Waals surface area contributed by atoms with Crippen LogP contribution in [0.4, 0.5) is 0 Å². The lowest BCUT2D eigenvalue weighted by Crippen LogP contribution is -1.98. The summed E-state index contributed by atoms with van der Waals surface area (Å²) in [6.45, 7) is 0. The smallest absolute Gasteiger partial charge is 0.183 e. The Balaban J connectivity index is 1.83. The van der Waals surface area contributed by atoms with Crippen molar-refractivity contribution in [3.8, 4) is 28.3 Å². The van der Waals surface area contributed by atoms with Crippen LogP contribution >= 0.6 is 0 Å². The van der Waals surface area contributed by atoms with Crippen LogP contribution in [-0.2, 0) is 0 Å². The molecule has 0 N–H and O–H groups in total. The van der Waals surface area contributed by atoms with E-state index in [2.05, 4.69) is 28.3 Å². The van der Waals surface area contributed by atoms with E-state index >= 15 is 0 Å². The van der Waals surface area contributed by atoms with Crippen molar-refractivity contribution in [1.82, 2.24) is 19.6 Å². The molecule has 3 aromatic heterocycles. The van der Waals surface area contributed by atoms with E-state index in [-0.39, 0.29) is 0 Å². The second kappa shape index (κ2) is 6.21. The number of methoxy groups -OCH3 is 1. The molecule has 2 aromatic carbocycles. The van der Waals surface area contributed by atoms with Crippen molar-refractivity contribution in [3.05, 3.63) is 79.0 Å². The van der Waals surface area contributed by atoms with E-state index in [1.54, 1.807) is 13.3 Å². The van der Waals surface area contributed by atoms with Gasteiger partial charge >= 0.3 is 0 Å². The number of fused-ring (bicyclic) bond motifs is 3. The number of benzene rings is 2. The van der Waals surface area contributed by atoms with E-state index in [0.717, 1.165) is 39.3 Å². The molecule has 5 rings (SSSR count). The van der Waals surface area contributed by atoms with Gasteiger partial charge in [-0.1, -0.05) is 30.3 Å². The van der Waals surface area contributed by atoms with E-state index in [4.69, 9.17) is 9.72 Å². The number of aromatic nitrogens is 4. The molecule has 0 radical (unpaired) electrons. The average molecular weight is 352 g/mol.